The van der Waals surface area contributed by atoms with Gasteiger partial charge in [-0.05, 0) is 31.9 Å². The van der Waals surface area contributed by atoms with Gasteiger partial charge in [0.05, 0.1) is 12.4 Å². The second kappa shape index (κ2) is 7.78. The first-order chi connectivity index (χ1) is 13.5. The van der Waals surface area contributed by atoms with Crippen molar-refractivity contribution in [3.63, 3.8) is 0 Å². The normalized spacial score (nSPS) is 29.8. The van der Waals surface area contributed by atoms with Crippen molar-refractivity contribution in [1.82, 2.24) is 15.1 Å². The van der Waals surface area contributed by atoms with E-state index < -0.39 is 0 Å². The van der Waals surface area contributed by atoms with Crippen LogP contribution in [0.1, 0.15) is 44.2 Å². The zero-order valence-corrected chi connectivity index (χ0v) is 17.2. The summed E-state index contributed by atoms with van der Waals surface area (Å²) in [6.45, 7) is 11.2. The molecule has 3 heterocycles. The Bertz CT molecular complexity index is 707. The van der Waals surface area contributed by atoms with E-state index in [1.165, 1.54) is 6.42 Å². The Morgan fingerprint density at radius 3 is 2.71 bits per heavy atom. The molecule has 2 saturated heterocycles. The van der Waals surface area contributed by atoms with E-state index in [4.69, 9.17) is 14.1 Å². The van der Waals surface area contributed by atoms with E-state index in [-0.39, 0.29) is 11.3 Å². The van der Waals surface area contributed by atoms with Gasteiger partial charge >= 0.3 is 0 Å². The zero-order valence-electron chi connectivity index (χ0n) is 17.2. The molecule has 0 spiro atoms. The maximum absolute atomic E-state index is 12.5. The van der Waals surface area contributed by atoms with Crippen LogP contribution >= 0.6 is 0 Å². The molecule has 0 radical (unpaired) electrons. The van der Waals surface area contributed by atoms with Gasteiger partial charge in [0, 0.05) is 56.7 Å². The van der Waals surface area contributed by atoms with E-state index >= 15 is 0 Å². The Morgan fingerprint density at radius 2 is 2.04 bits per heavy atom. The van der Waals surface area contributed by atoms with E-state index in [0.717, 1.165) is 38.6 Å². The minimum Gasteiger partial charge on any atom is -0.459 e. The van der Waals surface area contributed by atoms with Crippen LogP contribution in [0.2, 0.25) is 0 Å². The first kappa shape index (κ1) is 19.3. The summed E-state index contributed by atoms with van der Waals surface area (Å²) >= 11 is 0. The maximum atomic E-state index is 12.5. The molecule has 1 N–H and O–H groups in total. The quantitative estimate of drug-likeness (QED) is 0.635. The Balaban J connectivity index is 1.38. The summed E-state index contributed by atoms with van der Waals surface area (Å²) in [6.07, 6.45) is 4.26. The Labute approximate surface area is 167 Å². The molecule has 4 rings (SSSR count). The highest BCUT2D eigenvalue weighted by atomic mass is 16.5. The van der Waals surface area contributed by atoms with Gasteiger partial charge in [-0.15, -0.1) is 0 Å². The molecule has 3 atom stereocenters. The number of amides is 1. The lowest BCUT2D eigenvalue weighted by Crippen LogP contribution is -2.71. The molecule has 2 aliphatic heterocycles. The van der Waals surface area contributed by atoms with Gasteiger partial charge in [-0.1, -0.05) is 13.8 Å². The molecule has 7 nitrogen and oxygen atoms in total. The molecule has 1 aromatic heterocycles. The van der Waals surface area contributed by atoms with Gasteiger partial charge in [-0.2, -0.15) is 0 Å². The molecule has 1 aliphatic carbocycles. The van der Waals surface area contributed by atoms with Crippen LogP contribution in [-0.4, -0.2) is 73.1 Å². The molecule has 1 saturated carbocycles. The fourth-order valence-corrected chi connectivity index (χ4v) is 5.02. The van der Waals surface area contributed by atoms with Crippen molar-refractivity contribution < 1.29 is 13.9 Å². The summed E-state index contributed by atoms with van der Waals surface area (Å²) < 4.78 is 11.3. The first-order valence-electron chi connectivity index (χ1n) is 10.5. The van der Waals surface area contributed by atoms with Crippen LogP contribution in [0.25, 0.3) is 0 Å². The summed E-state index contributed by atoms with van der Waals surface area (Å²) in [6, 6.07) is 3.86. The Morgan fingerprint density at radius 1 is 1.29 bits per heavy atom. The van der Waals surface area contributed by atoms with Gasteiger partial charge in [0.2, 0.25) is 0 Å². The molecule has 28 heavy (non-hydrogen) atoms. The summed E-state index contributed by atoms with van der Waals surface area (Å²) in [5.41, 5.74) is 0.108. The maximum Gasteiger partial charge on any atom is 0.289 e. The average Bonchev–Trinajstić information content (AvgIpc) is 3.25. The second-order valence-corrected chi connectivity index (χ2v) is 8.60. The number of hydrogen-bond donors (Lipinski definition) is 1. The average molecular weight is 389 g/mol. The lowest BCUT2D eigenvalue weighted by molar-refractivity contribution is -0.188. The molecule has 1 amide bonds. The van der Waals surface area contributed by atoms with Crippen LogP contribution in [0.3, 0.4) is 0 Å². The monoisotopic (exact) mass is 388 g/mol. The van der Waals surface area contributed by atoms with Crippen LogP contribution in [-0.2, 0) is 4.74 Å². The van der Waals surface area contributed by atoms with Gasteiger partial charge in [0.15, 0.2) is 11.7 Å². The number of nitrogens with one attached hydrogen (secondary N) is 1. The number of furan rings is 1. The smallest absolute Gasteiger partial charge is 0.289 e. The SMILES string of the molecule is CCN=C(NC1C2CCCOC2C1(C)C)N1CCN(C(=O)c2ccco2)CC1. The van der Waals surface area contributed by atoms with Crippen LogP contribution in [0.4, 0.5) is 0 Å². The number of hydrogen-bond acceptors (Lipinski definition) is 4. The number of fused-ring (bicyclic) bond motifs is 1. The van der Waals surface area contributed by atoms with Crippen molar-refractivity contribution in [3.8, 4) is 0 Å². The number of rotatable bonds is 3. The van der Waals surface area contributed by atoms with Crippen LogP contribution in [0.5, 0.6) is 0 Å². The van der Waals surface area contributed by atoms with E-state index in [2.05, 4.69) is 31.0 Å². The van der Waals surface area contributed by atoms with Gasteiger partial charge in [0.1, 0.15) is 0 Å². The zero-order chi connectivity index (χ0) is 19.7. The summed E-state index contributed by atoms with van der Waals surface area (Å²) in [5.74, 6) is 1.91. The van der Waals surface area contributed by atoms with E-state index in [1.54, 1.807) is 18.4 Å². The minimum atomic E-state index is -0.0334. The van der Waals surface area contributed by atoms with Gasteiger partial charge in [0.25, 0.3) is 5.91 Å². The predicted molar refractivity (Wildman–Crippen MR) is 107 cm³/mol. The van der Waals surface area contributed by atoms with Gasteiger partial charge < -0.3 is 24.3 Å². The number of piperazine rings is 1. The van der Waals surface area contributed by atoms with Crippen LogP contribution in [0, 0.1) is 11.3 Å². The molecular weight excluding hydrogens is 356 g/mol. The molecule has 7 heteroatoms. The highest BCUT2D eigenvalue weighted by Gasteiger charge is 2.58. The lowest BCUT2D eigenvalue weighted by atomic mass is 9.55. The molecular formula is C21H32N4O3. The Hall–Kier alpha value is -2.02. The molecule has 0 bridgehead atoms. The van der Waals surface area contributed by atoms with Crippen molar-refractivity contribution in [2.24, 2.45) is 16.3 Å². The summed E-state index contributed by atoms with van der Waals surface area (Å²) in [7, 11) is 0. The fraction of sp³-hybridized carbons (Fsp3) is 0.714. The van der Waals surface area contributed by atoms with Crippen LogP contribution < -0.4 is 5.32 Å². The molecule has 3 unspecified atom stereocenters. The lowest BCUT2D eigenvalue weighted by Gasteiger charge is -2.60. The van der Waals surface area contributed by atoms with E-state index in [9.17, 15) is 4.79 Å². The molecule has 1 aromatic rings. The summed E-state index contributed by atoms with van der Waals surface area (Å²) in [5, 5.41) is 3.76. The van der Waals surface area contributed by atoms with E-state index in [0.29, 0.717) is 36.9 Å². The second-order valence-electron chi connectivity index (χ2n) is 8.60. The van der Waals surface area contributed by atoms with Crippen molar-refractivity contribution in [3.05, 3.63) is 24.2 Å². The highest BCUT2D eigenvalue weighted by molar-refractivity contribution is 5.91. The number of ether oxygens (including phenoxy) is 1. The Kier molecular flexibility index (Phi) is 5.36. The molecule has 0 aromatic carbocycles. The predicted octanol–water partition coefficient (Wildman–Crippen LogP) is 2.21. The number of aliphatic imine (C=N–C) groups is 1. The minimum absolute atomic E-state index is 0.0334. The summed E-state index contributed by atoms with van der Waals surface area (Å²) in [4.78, 5) is 21.4. The topological polar surface area (TPSA) is 70.3 Å². The van der Waals surface area contributed by atoms with Crippen molar-refractivity contribution in [2.45, 2.75) is 45.8 Å². The molecule has 154 valence electrons. The largest absolute Gasteiger partial charge is 0.459 e. The third kappa shape index (κ3) is 3.41. The highest BCUT2D eigenvalue weighted by Crippen LogP contribution is 2.51. The number of carbonyl (C=O) groups excluding carboxylic acids is 1. The number of carbonyl (C=O) groups is 1. The van der Waals surface area contributed by atoms with Crippen molar-refractivity contribution in [1.29, 1.82) is 0 Å². The third-order valence-electron chi connectivity index (χ3n) is 6.52. The number of guanidine groups is 1. The molecule has 3 aliphatic rings. The first-order valence-corrected chi connectivity index (χ1v) is 10.5. The van der Waals surface area contributed by atoms with Gasteiger partial charge in [-0.3, -0.25) is 9.79 Å². The third-order valence-corrected chi connectivity index (χ3v) is 6.52. The standard InChI is InChI=1S/C21H32N4O3/c1-4-22-20(23-17-15-7-5-14-28-18(15)21(17,2)3)25-11-9-24(10-12-25)19(26)16-8-6-13-27-16/h6,8,13,15,17-18H,4-5,7,9-12,14H2,1-3H3,(H,22,23). The van der Waals surface area contributed by atoms with E-state index in [1.807, 2.05) is 4.90 Å². The van der Waals surface area contributed by atoms with Crippen LogP contribution in [0.15, 0.2) is 27.8 Å². The number of nitrogens with zero attached hydrogens (tertiary/aromatic N) is 3. The molecule has 3 fully saturated rings. The van der Waals surface area contributed by atoms with Gasteiger partial charge in [-0.25, -0.2) is 0 Å². The fourth-order valence-electron chi connectivity index (χ4n) is 5.02. The van der Waals surface area contributed by atoms with Crippen molar-refractivity contribution in [2.75, 3.05) is 39.3 Å². The van der Waals surface area contributed by atoms with Crippen molar-refractivity contribution >= 4 is 11.9 Å².